The average molecular weight is 378 g/mol. The summed E-state index contributed by atoms with van der Waals surface area (Å²) in [6, 6.07) is 4.68. The van der Waals surface area contributed by atoms with Gasteiger partial charge in [0.1, 0.15) is 6.61 Å². The van der Waals surface area contributed by atoms with Crippen molar-refractivity contribution in [3.05, 3.63) is 32.9 Å². The summed E-state index contributed by atoms with van der Waals surface area (Å²) in [6.45, 7) is 3.04. The van der Waals surface area contributed by atoms with Crippen LogP contribution in [0.2, 0.25) is 0 Å². The van der Waals surface area contributed by atoms with Gasteiger partial charge in [0.05, 0.1) is 24.8 Å². The normalized spacial score (nSPS) is 10.1. The first-order chi connectivity index (χ1) is 9.10. The fourth-order valence-electron chi connectivity index (χ4n) is 1.34. The SMILES string of the molecule is CCOCCOC(=O)c1ccc(C(=O)OC)cc1I. The van der Waals surface area contributed by atoms with E-state index in [1.54, 1.807) is 12.1 Å². The van der Waals surface area contributed by atoms with Crippen molar-refractivity contribution in [1.82, 2.24) is 0 Å². The number of carbonyl (C=O) groups is 2. The highest BCUT2D eigenvalue weighted by Gasteiger charge is 2.14. The van der Waals surface area contributed by atoms with Crippen LogP contribution in [0.5, 0.6) is 0 Å². The van der Waals surface area contributed by atoms with Crippen molar-refractivity contribution in [2.75, 3.05) is 26.9 Å². The highest BCUT2D eigenvalue weighted by molar-refractivity contribution is 14.1. The molecule has 5 nitrogen and oxygen atoms in total. The Morgan fingerprint density at radius 3 is 2.53 bits per heavy atom. The van der Waals surface area contributed by atoms with Gasteiger partial charge >= 0.3 is 11.9 Å². The van der Waals surface area contributed by atoms with Gasteiger partial charge in [0.2, 0.25) is 0 Å². The van der Waals surface area contributed by atoms with E-state index in [1.165, 1.54) is 13.2 Å². The molecule has 0 unspecified atom stereocenters. The first-order valence-electron chi connectivity index (χ1n) is 5.72. The first kappa shape index (κ1) is 15.9. The molecule has 1 aromatic carbocycles. The smallest absolute Gasteiger partial charge is 0.339 e. The lowest BCUT2D eigenvalue weighted by Crippen LogP contribution is -2.12. The summed E-state index contributed by atoms with van der Waals surface area (Å²) in [5, 5.41) is 0. The number of esters is 2. The van der Waals surface area contributed by atoms with Gasteiger partial charge in [-0.15, -0.1) is 0 Å². The second-order valence-electron chi connectivity index (χ2n) is 3.52. The molecule has 0 atom stereocenters. The van der Waals surface area contributed by atoms with Crippen molar-refractivity contribution in [2.45, 2.75) is 6.92 Å². The Labute approximate surface area is 125 Å². The van der Waals surface area contributed by atoms with E-state index in [1.807, 2.05) is 29.5 Å². The Morgan fingerprint density at radius 2 is 1.95 bits per heavy atom. The van der Waals surface area contributed by atoms with Gasteiger partial charge in [-0.25, -0.2) is 9.59 Å². The molecule has 0 saturated carbocycles. The maximum Gasteiger partial charge on any atom is 0.339 e. The van der Waals surface area contributed by atoms with Crippen LogP contribution in [0.25, 0.3) is 0 Å². The Balaban J connectivity index is 2.68. The highest BCUT2D eigenvalue weighted by atomic mass is 127. The molecule has 0 fully saturated rings. The molecule has 104 valence electrons. The van der Waals surface area contributed by atoms with Gasteiger partial charge in [-0.05, 0) is 47.7 Å². The molecule has 6 heteroatoms. The van der Waals surface area contributed by atoms with Crippen LogP contribution >= 0.6 is 22.6 Å². The van der Waals surface area contributed by atoms with Crippen molar-refractivity contribution in [3.63, 3.8) is 0 Å². The lowest BCUT2D eigenvalue weighted by Gasteiger charge is -2.07. The maximum atomic E-state index is 11.8. The van der Waals surface area contributed by atoms with Gasteiger partial charge < -0.3 is 14.2 Å². The van der Waals surface area contributed by atoms with Crippen LogP contribution in [0.3, 0.4) is 0 Å². The molecule has 0 aromatic heterocycles. The number of halogens is 1. The molecule has 0 saturated heterocycles. The lowest BCUT2D eigenvalue weighted by molar-refractivity contribution is 0.0334. The van der Waals surface area contributed by atoms with Crippen LogP contribution in [0.4, 0.5) is 0 Å². The molecule has 1 rings (SSSR count). The van der Waals surface area contributed by atoms with Crippen LogP contribution in [0.15, 0.2) is 18.2 Å². The number of benzene rings is 1. The average Bonchev–Trinajstić information content (AvgIpc) is 2.42. The van der Waals surface area contributed by atoms with Gasteiger partial charge in [-0.3, -0.25) is 0 Å². The number of methoxy groups -OCH3 is 1. The van der Waals surface area contributed by atoms with E-state index in [0.29, 0.717) is 27.9 Å². The van der Waals surface area contributed by atoms with Crippen LogP contribution in [-0.4, -0.2) is 38.9 Å². The van der Waals surface area contributed by atoms with Gasteiger partial charge in [0, 0.05) is 10.2 Å². The Kier molecular flexibility index (Phi) is 6.79. The van der Waals surface area contributed by atoms with E-state index >= 15 is 0 Å². The second-order valence-corrected chi connectivity index (χ2v) is 4.68. The summed E-state index contributed by atoms with van der Waals surface area (Å²) < 4.78 is 15.4. The number of ether oxygens (including phenoxy) is 3. The van der Waals surface area contributed by atoms with Crippen molar-refractivity contribution in [3.8, 4) is 0 Å². The third-order valence-corrected chi connectivity index (χ3v) is 3.17. The summed E-state index contributed by atoms with van der Waals surface area (Å²) >= 11 is 1.98. The molecule has 0 spiro atoms. The first-order valence-corrected chi connectivity index (χ1v) is 6.80. The molecule has 0 heterocycles. The molecule has 1 aromatic rings. The van der Waals surface area contributed by atoms with Crippen LogP contribution < -0.4 is 0 Å². The largest absolute Gasteiger partial charge is 0.465 e. The van der Waals surface area contributed by atoms with E-state index in [4.69, 9.17) is 9.47 Å². The Hall–Kier alpha value is -1.15. The molecule has 0 radical (unpaired) electrons. The van der Waals surface area contributed by atoms with Crippen LogP contribution in [0.1, 0.15) is 27.6 Å². The standard InChI is InChI=1S/C13H15IO5/c1-3-18-6-7-19-13(16)10-5-4-9(8-11(10)14)12(15)17-2/h4-5,8H,3,6-7H2,1-2H3. The summed E-state index contributed by atoms with van der Waals surface area (Å²) in [5.74, 6) is -0.866. The van der Waals surface area contributed by atoms with Crippen molar-refractivity contribution >= 4 is 34.5 Å². The zero-order valence-electron chi connectivity index (χ0n) is 10.8. The maximum absolute atomic E-state index is 11.8. The quantitative estimate of drug-likeness (QED) is 0.432. The Bertz CT molecular complexity index is 458. The molecular formula is C13H15IO5. The number of rotatable bonds is 6. The predicted octanol–water partition coefficient (Wildman–Crippen LogP) is 2.27. The van der Waals surface area contributed by atoms with E-state index in [9.17, 15) is 9.59 Å². The molecular weight excluding hydrogens is 363 g/mol. The lowest BCUT2D eigenvalue weighted by atomic mass is 10.1. The van der Waals surface area contributed by atoms with Crippen molar-refractivity contribution in [1.29, 1.82) is 0 Å². The fourth-order valence-corrected chi connectivity index (χ4v) is 2.08. The van der Waals surface area contributed by atoms with Gasteiger partial charge in [0.15, 0.2) is 0 Å². The van der Waals surface area contributed by atoms with E-state index < -0.39 is 11.9 Å². The van der Waals surface area contributed by atoms with Gasteiger partial charge in [-0.1, -0.05) is 0 Å². The fraction of sp³-hybridized carbons (Fsp3) is 0.385. The summed E-state index contributed by atoms with van der Waals surface area (Å²) in [6.07, 6.45) is 0. The molecule has 0 aliphatic heterocycles. The van der Waals surface area contributed by atoms with Crippen LogP contribution in [0, 0.1) is 3.57 Å². The van der Waals surface area contributed by atoms with E-state index in [2.05, 4.69) is 4.74 Å². The zero-order valence-corrected chi connectivity index (χ0v) is 12.9. The topological polar surface area (TPSA) is 61.8 Å². The summed E-state index contributed by atoms with van der Waals surface area (Å²) in [7, 11) is 1.31. The third kappa shape index (κ3) is 4.79. The zero-order chi connectivity index (χ0) is 14.3. The molecule has 0 bridgehead atoms. The number of hydrogen-bond donors (Lipinski definition) is 0. The minimum absolute atomic E-state index is 0.210. The number of carbonyl (C=O) groups excluding carboxylic acids is 2. The predicted molar refractivity (Wildman–Crippen MR) is 77.3 cm³/mol. The van der Waals surface area contributed by atoms with E-state index in [-0.39, 0.29) is 6.61 Å². The molecule has 0 aliphatic carbocycles. The van der Waals surface area contributed by atoms with Crippen molar-refractivity contribution < 1.29 is 23.8 Å². The van der Waals surface area contributed by atoms with Gasteiger partial charge in [-0.2, -0.15) is 0 Å². The van der Waals surface area contributed by atoms with Crippen molar-refractivity contribution in [2.24, 2.45) is 0 Å². The monoisotopic (exact) mass is 378 g/mol. The van der Waals surface area contributed by atoms with Gasteiger partial charge in [0.25, 0.3) is 0 Å². The molecule has 0 aliphatic rings. The summed E-state index contributed by atoms with van der Waals surface area (Å²) in [5.41, 5.74) is 0.822. The molecule has 0 N–H and O–H groups in total. The Morgan fingerprint density at radius 1 is 1.21 bits per heavy atom. The third-order valence-electron chi connectivity index (χ3n) is 2.28. The van der Waals surface area contributed by atoms with E-state index in [0.717, 1.165) is 0 Å². The molecule has 19 heavy (non-hydrogen) atoms. The number of hydrogen-bond acceptors (Lipinski definition) is 5. The minimum Gasteiger partial charge on any atom is -0.465 e. The molecule has 0 amide bonds. The minimum atomic E-state index is -0.436. The highest BCUT2D eigenvalue weighted by Crippen LogP contribution is 2.16. The second kappa shape index (κ2) is 8.11. The van der Waals surface area contributed by atoms with Crippen LogP contribution in [-0.2, 0) is 14.2 Å². The summed E-state index contributed by atoms with van der Waals surface area (Å²) in [4.78, 5) is 23.1.